The first kappa shape index (κ1) is 18.4. The molecule has 0 spiro atoms. The molecule has 0 heterocycles. The van der Waals surface area contributed by atoms with E-state index in [1.807, 2.05) is 0 Å². The second kappa shape index (κ2) is 8.28. The van der Waals surface area contributed by atoms with E-state index in [0.29, 0.717) is 24.1 Å². The van der Waals surface area contributed by atoms with Gasteiger partial charge in [-0.1, -0.05) is 25.1 Å². The maximum absolute atomic E-state index is 13.6. The molecule has 0 aliphatic rings. The van der Waals surface area contributed by atoms with Crippen molar-refractivity contribution in [1.29, 1.82) is 0 Å². The van der Waals surface area contributed by atoms with Gasteiger partial charge >= 0.3 is 5.97 Å². The predicted molar refractivity (Wildman–Crippen MR) is 92.5 cm³/mol. The number of carboxylic acid groups (broad SMARTS) is 1. The van der Waals surface area contributed by atoms with Gasteiger partial charge < -0.3 is 15.2 Å². The van der Waals surface area contributed by atoms with E-state index in [9.17, 15) is 14.0 Å². The van der Waals surface area contributed by atoms with Gasteiger partial charge in [0.15, 0.2) is 0 Å². The normalized spacial score (nSPS) is 11.6. The van der Waals surface area contributed by atoms with Crippen molar-refractivity contribution in [3.8, 4) is 5.75 Å². The van der Waals surface area contributed by atoms with Crippen molar-refractivity contribution >= 4 is 17.6 Å². The first-order valence-corrected chi connectivity index (χ1v) is 7.88. The van der Waals surface area contributed by atoms with Crippen LogP contribution in [0.25, 0.3) is 0 Å². The third kappa shape index (κ3) is 4.79. The number of nitrogens with one attached hydrogen (secondary N) is 1. The highest BCUT2D eigenvalue weighted by Gasteiger charge is 2.17. The minimum Gasteiger partial charge on any atom is -0.495 e. The number of carboxylic acids is 1. The summed E-state index contributed by atoms with van der Waals surface area (Å²) in [4.78, 5) is 23.3. The van der Waals surface area contributed by atoms with Gasteiger partial charge in [0, 0.05) is 5.92 Å². The summed E-state index contributed by atoms with van der Waals surface area (Å²) in [5.41, 5.74) is 1.04. The molecule has 0 aliphatic heterocycles. The molecule has 5 nitrogen and oxygen atoms in total. The highest BCUT2D eigenvalue weighted by molar-refractivity contribution is 5.95. The van der Waals surface area contributed by atoms with E-state index in [4.69, 9.17) is 9.84 Å². The quantitative estimate of drug-likeness (QED) is 0.801. The molecule has 1 atom stereocenters. The molecule has 0 radical (unpaired) electrons. The van der Waals surface area contributed by atoms with Gasteiger partial charge in [0.2, 0.25) is 5.91 Å². The Kier molecular flexibility index (Phi) is 6.11. The van der Waals surface area contributed by atoms with Crippen LogP contribution >= 0.6 is 0 Å². The van der Waals surface area contributed by atoms with Crippen molar-refractivity contribution in [2.45, 2.75) is 19.8 Å². The molecule has 2 aromatic carbocycles. The first-order valence-electron chi connectivity index (χ1n) is 7.88. The summed E-state index contributed by atoms with van der Waals surface area (Å²) in [5.74, 6) is -1.66. The lowest BCUT2D eigenvalue weighted by atomic mass is 10.00. The molecule has 6 heteroatoms. The lowest BCUT2D eigenvalue weighted by molar-refractivity contribution is -0.119. The number of halogens is 1. The summed E-state index contributed by atoms with van der Waals surface area (Å²) in [5, 5.41) is 11.7. The number of carbonyl (C=O) groups is 2. The number of hydrogen-bond donors (Lipinski definition) is 2. The Hall–Kier alpha value is -2.89. The second-order valence-corrected chi connectivity index (χ2v) is 5.74. The number of benzene rings is 2. The van der Waals surface area contributed by atoms with Crippen LogP contribution in [0.4, 0.5) is 10.1 Å². The summed E-state index contributed by atoms with van der Waals surface area (Å²) in [7, 11) is 1.40. The van der Waals surface area contributed by atoms with Crippen LogP contribution in [0.15, 0.2) is 42.5 Å². The Balaban J connectivity index is 2.01. The van der Waals surface area contributed by atoms with Crippen LogP contribution in [0, 0.1) is 11.7 Å². The zero-order valence-corrected chi connectivity index (χ0v) is 14.1. The standard InChI is InChI=1S/C19H20FNO4/c1-12(7-8-13-5-3-4-6-15(13)20)18(22)21-16-10-9-14(19(23)24)11-17(16)25-2/h3-6,9-12H,7-8H2,1-2H3,(H,21,22)(H,23,24). The van der Waals surface area contributed by atoms with E-state index >= 15 is 0 Å². The van der Waals surface area contributed by atoms with Crippen molar-refractivity contribution < 1.29 is 23.8 Å². The van der Waals surface area contributed by atoms with Gasteiger partial charge in [-0.2, -0.15) is 0 Å². The van der Waals surface area contributed by atoms with Gasteiger partial charge in [-0.05, 0) is 42.7 Å². The van der Waals surface area contributed by atoms with Gasteiger partial charge in [0.25, 0.3) is 0 Å². The summed E-state index contributed by atoms with van der Waals surface area (Å²) in [6.07, 6.45) is 0.943. The Morgan fingerprint density at radius 2 is 1.96 bits per heavy atom. The van der Waals surface area contributed by atoms with E-state index in [-0.39, 0.29) is 29.0 Å². The van der Waals surface area contributed by atoms with Gasteiger partial charge in [0.1, 0.15) is 11.6 Å². The molecule has 132 valence electrons. The predicted octanol–water partition coefficient (Wildman–Crippen LogP) is 3.74. The highest BCUT2D eigenvalue weighted by Crippen LogP contribution is 2.26. The molecule has 1 amide bonds. The minimum atomic E-state index is -1.07. The maximum atomic E-state index is 13.6. The molecule has 0 saturated carbocycles. The molecule has 25 heavy (non-hydrogen) atoms. The molecule has 2 aromatic rings. The van der Waals surface area contributed by atoms with Crippen LogP contribution in [0.2, 0.25) is 0 Å². The zero-order valence-electron chi connectivity index (χ0n) is 14.1. The topological polar surface area (TPSA) is 75.6 Å². The fourth-order valence-corrected chi connectivity index (χ4v) is 2.39. The molecule has 0 saturated heterocycles. The van der Waals surface area contributed by atoms with Crippen LogP contribution < -0.4 is 10.1 Å². The third-order valence-corrected chi connectivity index (χ3v) is 3.96. The van der Waals surface area contributed by atoms with Crippen LogP contribution in [-0.2, 0) is 11.2 Å². The summed E-state index contributed by atoms with van der Waals surface area (Å²) >= 11 is 0. The number of aromatic carboxylic acids is 1. The fraction of sp³-hybridized carbons (Fsp3) is 0.263. The smallest absolute Gasteiger partial charge is 0.335 e. The lowest BCUT2D eigenvalue weighted by Gasteiger charge is -2.15. The van der Waals surface area contributed by atoms with Crippen LogP contribution in [0.5, 0.6) is 5.75 Å². The molecular formula is C19H20FNO4. The molecule has 1 unspecified atom stereocenters. The minimum absolute atomic E-state index is 0.0717. The number of hydrogen-bond acceptors (Lipinski definition) is 3. The number of ether oxygens (including phenoxy) is 1. The molecule has 0 aliphatic carbocycles. The Bertz CT molecular complexity index is 776. The number of methoxy groups -OCH3 is 1. The zero-order chi connectivity index (χ0) is 18.4. The SMILES string of the molecule is COc1cc(C(=O)O)ccc1NC(=O)C(C)CCc1ccccc1F. The van der Waals surface area contributed by atoms with Gasteiger partial charge in [0.05, 0.1) is 18.4 Å². The van der Waals surface area contributed by atoms with Crippen LogP contribution in [0.3, 0.4) is 0 Å². The first-order chi connectivity index (χ1) is 11.9. The Labute approximate surface area is 145 Å². The van der Waals surface area contributed by atoms with E-state index in [1.54, 1.807) is 25.1 Å². The molecular weight excluding hydrogens is 325 g/mol. The lowest BCUT2D eigenvalue weighted by Crippen LogP contribution is -2.21. The molecule has 0 fully saturated rings. The van der Waals surface area contributed by atoms with Crippen LogP contribution in [0.1, 0.15) is 29.3 Å². The molecule has 0 bridgehead atoms. The van der Waals surface area contributed by atoms with Crippen LogP contribution in [-0.4, -0.2) is 24.1 Å². The molecule has 2 N–H and O–H groups in total. The van der Waals surface area contributed by atoms with Crippen molar-refractivity contribution in [3.63, 3.8) is 0 Å². The Morgan fingerprint density at radius 3 is 2.60 bits per heavy atom. The van der Waals surface area contributed by atoms with E-state index in [2.05, 4.69) is 5.32 Å². The van der Waals surface area contributed by atoms with Gasteiger partial charge in [-0.3, -0.25) is 4.79 Å². The van der Waals surface area contributed by atoms with Crippen molar-refractivity contribution in [2.75, 3.05) is 12.4 Å². The molecule has 2 rings (SSSR count). The number of anilines is 1. The number of aryl methyl sites for hydroxylation is 1. The summed E-state index contributed by atoms with van der Waals surface area (Å²) in [6.45, 7) is 1.76. The van der Waals surface area contributed by atoms with E-state index < -0.39 is 5.97 Å². The Morgan fingerprint density at radius 1 is 1.24 bits per heavy atom. The van der Waals surface area contributed by atoms with Crippen molar-refractivity contribution in [3.05, 3.63) is 59.4 Å². The number of amides is 1. The van der Waals surface area contributed by atoms with Gasteiger partial charge in [-0.25, -0.2) is 9.18 Å². The number of rotatable bonds is 7. The maximum Gasteiger partial charge on any atom is 0.335 e. The van der Waals surface area contributed by atoms with Gasteiger partial charge in [-0.15, -0.1) is 0 Å². The molecule has 0 aromatic heterocycles. The van der Waals surface area contributed by atoms with Crippen molar-refractivity contribution in [1.82, 2.24) is 0 Å². The third-order valence-electron chi connectivity index (χ3n) is 3.96. The van der Waals surface area contributed by atoms with E-state index in [0.717, 1.165) is 0 Å². The fourth-order valence-electron chi connectivity index (χ4n) is 2.39. The average molecular weight is 345 g/mol. The average Bonchev–Trinajstić information content (AvgIpc) is 2.60. The van der Waals surface area contributed by atoms with E-state index in [1.165, 1.54) is 31.4 Å². The highest BCUT2D eigenvalue weighted by atomic mass is 19.1. The summed E-state index contributed by atoms with van der Waals surface area (Å²) in [6, 6.07) is 10.7. The van der Waals surface area contributed by atoms with Crippen molar-refractivity contribution in [2.24, 2.45) is 5.92 Å². The number of carbonyl (C=O) groups excluding carboxylic acids is 1. The second-order valence-electron chi connectivity index (χ2n) is 5.74. The largest absolute Gasteiger partial charge is 0.495 e. The summed E-state index contributed by atoms with van der Waals surface area (Å²) < 4.78 is 18.8. The monoisotopic (exact) mass is 345 g/mol.